The van der Waals surface area contributed by atoms with Gasteiger partial charge >= 0.3 is 0 Å². The Morgan fingerprint density at radius 2 is 0.976 bits per heavy atom. The molecule has 2 saturated heterocycles. The number of H-pyrrole nitrogens is 2. The van der Waals surface area contributed by atoms with Crippen LogP contribution in [-0.4, -0.2) is 82.2 Å². The van der Waals surface area contributed by atoms with Crippen molar-refractivity contribution < 1.29 is 9.47 Å². The zero-order valence-corrected chi connectivity index (χ0v) is 24.3. The highest BCUT2D eigenvalue weighted by molar-refractivity contribution is 5.82. The number of hydrogen-bond acceptors (Lipinski definition) is 6. The van der Waals surface area contributed by atoms with Crippen molar-refractivity contribution in [2.24, 2.45) is 0 Å². The number of fused-ring (bicyclic) bond motifs is 2. The lowest BCUT2D eigenvalue weighted by atomic mass is 10.1. The molecule has 0 amide bonds. The van der Waals surface area contributed by atoms with E-state index in [0.29, 0.717) is 13.2 Å². The fraction of sp³-hybridized carbons (Fsp3) is 0.412. The molecule has 0 aliphatic carbocycles. The van der Waals surface area contributed by atoms with Gasteiger partial charge in [-0.1, -0.05) is 37.1 Å². The number of aromatic amines is 2. The lowest BCUT2D eigenvalue weighted by Crippen LogP contribution is -2.33. The van der Waals surface area contributed by atoms with E-state index in [0.717, 1.165) is 69.4 Å². The molecular formula is C34H40N6O2. The van der Waals surface area contributed by atoms with Crippen LogP contribution in [0.3, 0.4) is 0 Å². The molecule has 7 rings (SSSR count). The maximum atomic E-state index is 6.06. The van der Waals surface area contributed by atoms with Gasteiger partial charge in [0, 0.05) is 36.3 Å². The fourth-order valence-corrected chi connectivity index (χ4v) is 6.17. The molecule has 2 N–H and O–H groups in total. The summed E-state index contributed by atoms with van der Waals surface area (Å²) in [5.74, 6) is 3.45. The maximum absolute atomic E-state index is 6.06. The summed E-state index contributed by atoms with van der Waals surface area (Å²) in [6, 6.07) is 20.5. The van der Waals surface area contributed by atoms with Crippen LogP contribution < -0.4 is 9.47 Å². The topological polar surface area (TPSA) is 82.3 Å². The molecule has 2 aliphatic heterocycles. The van der Waals surface area contributed by atoms with Crippen LogP contribution in [-0.2, 0) is 0 Å². The lowest BCUT2D eigenvalue weighted by molar-refractivity contribution is 0.183. The molecular weight excluding hydrogens is 524 g/mol. The summed E-state index contributed by atoms with van der Waals surface area (Å²) in [6.07, 6.45) is 7.92. The standard InChI is InChI=1S/C34H40N6O2/c1-3-15-39(16-4-1)19-21-41-27-11-13-29-31(23-27)37-33(35-29)25-7-9-26(10-8-25)34-36-30-14-12-28(24-32(30)38-34)42-22-20-40-17-5-2-6-18-40/h7-14,23-24H,1-6,15-22H2,(H,35,37)(H,36,38). The van der Waals surface area contributed by atoms with Gasteiger partial charge in [0.25, 0.3) is 0 Å². The molecule has 8 nitrogen and oxygen atoms in total. The zero-order chi connectivity index (χ0) is 28.1. The van der Waals surface area contributed by atoms with Gasteiger partial charge in [0.05, 0.1) is 22.1 Å². The molecule has 2 aliphatic rings. The van der Waals surface area contributed by atoms with E-state index in [1.807, 2.05) is 24.3 Å². The third kappa shape index (κ3) is 6.30. The van der Waals surface area contributed by atoms with E-state index in [2.05, 4.69) is 56.2 Å². The molecule has 8 heteroatoms. The van der Waals surface area contributed by atoms with Crippen LogP contribution >= 0.6 is 0 Å². The number of hydrogen-bond donors (Lipinski definition) is 2. The van der Waals surface area contributed by atoms with E-state index in [-0.39, 0.29) is 0 Å². The third-order valence-electron chi connectivity index (χ3n) is 8.59. The number of aromatic nitrogens is 4. The van der Waals surface area contributed by atoms with E-state index < -0.39 is 0 Å². The summed E-state index contributed by atoms with van der Waals surface area (Å²) >= 11 is 0. The highest BCUT2D eigenvalue weighted by atomic mass is 16.5. The molecule has 0 radical (unpaired) electrons. The average molecular weight is 565 g/mol. The van der Waals surface area contributed by atoms with Gasteiger partial charge in [-0.2, -0.15) is 0 Å². The van der Waals surface area contributed by atoms with E-state index in [1.165, 1.54) is 64.7 Å². The van der Waals surface area contributed by atoms with Crippen LogP contribution in [0.1, 0.15) is 38.5 Å². The highest BCUT2D eigenvalue weighted by Crippen LogP contribution is 2.28. The first-order valence-electron chi connectivity index (χ1n) is 15.6. The quantitative estimate of drug-likeness (QED) is 0.201. The molecule has 0 spiro atoms. The monoisotopic (exact) mass is 564 g/mol. The molecule has 0 unspecified atom stereocenters. The van der Waals surface area contributed by atoms with E-state index in [4.69, 9.17) is 19.4 Å². The summed E-state index contributed by atoms with van der Waals surface area (Å²) in [4.78, 5) is 21.6. The number of piperidine rings is 2. The van der Waals surface area contributed by atoms with Crippen LogP contribution in [0, 0.1) is 0 Å². The number of imidazole rings is 2. The van der Waals surface area contributed by atoms with Crippen molar-refractivity contribution in [1.82, 2.24) is 29.7 Å². The first kappa shape index (κ1) is 27.0. The second-order valence-electron chi connectivity index (χ2n) is 11.6. The van der Waals surface area contributed by atoms with Gasteiger partial charge in [0.15, 0.2) is 0 Å². The summed E-state index contributed by atoms with van der Waals surface area (Å²) in [5, 5.41) is 0. The first-order chi connectivity index (χ1) is 20.8. The Bertz CT molecular complexity index is 1490. The van der Waals surface area contributed by atoms with Crippen molar-refractivity contribution in [3.8, 4) is 34.3 Å². The molecule has 42 heavy (non-hydrogen) atoms. The smallest absolute Gasteiger partial charge is 0.138 e. The second kappa shape index (κ2) is 12.5. The van der Waals surface area contributed by atoms with Crippen LogP contribution in [0.2, 0.25) is 0 Å². The maximum Gasteiger partial charge on any atom is 0.138 e. The van der Waals surface area contributed by atoms with Gasteiger partial charge in [-0.15, -0.1) is 0 Å². The zero-order valence-electron chi connectivity index (χ0n) is 24.3. The molecule has 2 fully saturated rings. The first-order valence-corrected chi connectivity index (χ1v) is 15.6. The highest BCUT2D eigenvalue weighted by Gasteiger charge is 2.13. The number of nitrogens with zero attached hydrogens (tertiary/aromatic N) is 4. The van der Waals surface area contributed by atoms with Crippen LogP contribution in [0.25, 0.3) is 44.8 Å². The third-order valence-corrected chi connectivity index (χ3v) is 8.59. The van der Waals surface area contributed by atoms with Crippen LogP contribution in [0.5, 0.6) is 11.5 Å². The van der Waals surface area contributed by atoms with Gasteiger partial charge in [0.2, 0.25) is 0 Å². The molecule has 5 aromatic rings. The van der Waals surface area contributed by atoms with Crippen molar-refractivity contribution in [3.05, 3.63) is 60.7 Å². The normalized spacial score (nSPS) is 16.8. The Balaban J connectivity index is 0.984. The van der Waals surface area contributed by atoms with Gasteiger partial charge in [0.1, 0.15) is 36.4 Å². The summed E-state index contributed by atoms with van der Waals surface area (Å²) in [6.45, 7) is 8.15. The minimum atomic E-state index is 0.711. The number of nitrogens with one attached hydrogen (secondary N) is 2. The van der Waals surface area contributed by atoms with Crippen molar-refractivity contribution >= 4 is 22.1 Å². The van der Waals surface area contributed by atoms with E-state index >= 15 is 0 Å². The molecule has 4 heterocycles. The van der Waals surface area contributed by atoms with E-state index in [1.54, 1.807) is 0 Å². The Morgan fingerprint density at radius 3 is 1.40 bits per heavy atom. The van der Waals surface area contributed by atoms with Crippen molar-refractivity contribution in [2.45, 2.75) is 38.5 Å². The van der Waals surface area contributed by atoms with Gasteiger partial charge in [-0.3, -0.25) is 9.80 Å². The Morgan fingerprint density at radius 1 is 0.548 bits per heavy atom. The molecule has 0 atom stereocenters. The fourth-order valence-electron chi connectivity index (χ4n) is 6.17. The number of benzene rings is 3. The van der Waals surface area contributed by atoms with Gasteiger partial charge in [-0.05, 0) is 76.1 Å². The van der Waals surface area contributed by atoms with Crippen LogP contribution in [0.4, 0.5) is 0 Å². The molecule has 3 aromatic carbocycles. The second-order valence-corrected chi connectivity index (χ2v) is 11.6. The van der Waals surface area contributed by atoms with Crippen molar-refractivity contribution in [2.75, 3.05) is 52.5 Å². The number of rotatable bonds is 10. The average Bonchev–Trinajstić information content (AvgIpc) is 3.66. The minimum Gasteiger partial charge on any atom is -0.492 e. The Kier molecular flexibility index (Phi) is 8.06. The summed E-state index contributed by atoms with van der Waals surface area (Å²) in [7, 11) is 0. The summed E-state index contributed by atoms with van der Waals surface area (Å²) in [5.41, 5.74) is 5.89. The summed E-state index contributed by atoms with van der Waals surface area (Å²) < 4.78 is 12.1. The molecule has 218 valence electrons. The van der Waals surface area contributed by atoms with Gasteiger partial charge in [-0.25, -0.2) is 9.97 Å². The Hall–Kier alpha value is -3.88. The molecule has 0 saturated carbocycles. The largest absolute Gasteiger partial charge is 0.492 e. The lowest BCUT2D eigenvalue weighted by Gasteiger charge is -2.26. The number of likely N-dealkylation sites (tertiary alicyclic amines) is 2. The van der Waals surface area contributed by atoms with E-state index in [9.17, 15) is 0 Å². The predicted molar refractivity (Wildman–Crippen MR) is 168 cm³/mol. The van der Waals surface area contributed by atoms with Gasteiger partial charge < -0.3 is 19.4 Å². The van der Waals surface area contributed by atoms with Crippen LogP contribution in [0.15, 0.2) is 60.7 Å². The SMILES string of the molecule is c1cc2nc(-c3ccc(-c4nc5ccc(OCCN6CCCCC6)cc5[nH]4)cc3)[nH]c2cc1OCCN1CCCCC1. The Labute approximate surface area is 247 Å². The molecule has 2 aromatic heterocycles. The van der Waals surface area contributed by atoms with Crippen molar-refractivity contribution in [3.63, 3.8) is 0 Å². The van der Waals surface area contributed by atoms with Crippen molar-refractivity contribution in [1.29, 1.82) is 0 Å². The predicted octanol–water partition coefficient (Wildman–Crippen LogP) is 6.50. The minimum absolute atomic E-state index is 0.711. The number of ether oxygens (including phenoxy) is 2. The molecule has 0 bridgehead atoms.